The lowest BCUT2D eigenvalue weighted by Crippen LogP contribution is -1.96. The first-order chi connectivity index (χ1) is 8.66. The Morgan fingerprint density at radius 1 is 1.39 bits per heavy atom. The van der Waals surface area contributed by atoms with Gasteiger partial charge in [-0.15, -0.1) is 11.3 Å². The molecule has 18 heavy (non-hydrogen) atoms. The van der Waals surface area contributed by atoms with Crippen molar-refractivity contribution in [1.29, 1.82) is 0 Å². The average molecular weight is 386 g/mol. The monoisotopic (exact) mass is 384 g/mol. The highest BCUT2D eigenvalue weighted by Gasteiger charge is 2.17. The Morgan fingerprint density at radius 3 is 2.94 bits per heavy atom. The molecule has 3 nitrogen and oxygen atoms in total. The maximum atomic E-state index is 12.4. The fraction of sp³-hybridized carbons (Fsp3) is 0. The predicted molar refractivity (Wildman–Crippen MR) is 79.2 cm³/mol. The number of aromatic amines is 1. The number of rotatable bonds is 2. The second-order valence-corrected chi connectivity index (χ2v) is 6.89. The molecule has 0 amide bonds. The standard InChI is InChI=1S/C12H6Br2N2OS/c13-8-4-9(18-11(8)14)10(17)7-5-16-12-6(7)2-1-3-15-12/h1-5H,(H,15,16). The van der Waals surface area contributed by atoms with Gasteiger partial charge in [0.2, 0.25) is 5.78 Å². The fourth-order valence-electron chi connectivity index (χ4n) is 1.74. The molecule has 0 aliphatic heterocycles. The van der Waals surface area contributed by atoms with E-state index in [0.29, 0.717) is 10.4 Å². The Labute approximate surface area is 124 Å². The van der Waals surface area contributed by atoms with Crippen LogP contribution >= 0.6 is 43.2 Å². The summed E-state index contributed by atoms with van der Waals surface area (Å²) in [7, 11) is 0. The van der Waals surface area contributed by atoms with Gasteiger partial charge in [-0.05, 0) is 50.1 Å². The number of carbonyl (C=O) groups excluding carboxylic acids is 1. The fourth-order valence-corrected chi connectivity index (χ4v) is 3.72. The lowest BCUT2D eigenvalue weighted by molar-refractivity contribution is 0.104. The van der Waals surface area contributed by atoms with Gasteiger partial charge in [-0.2, -0.15) is 0 Å². The predicted octanol–water partition coefficient (Wildman–Crippen LogP) is 4.38. The molecular formula is C12H6Br2N2OS. The van der Waals surface area contributed by atoms with Crippen LogP contribution in [0.2, 0.25) is 0 Å². The molecule has 3 rings (SSSR count). The van der Waals surface area contributed by atoms with E-state index in [1.54, 1.807) is 12.4 Å². The maximum Gasteiger partial charge on any atom is 0.205 e. The topological polar surface area (TPSA) is 45.8 Å². The summed E-state index contributed by atoms with van der Waals surface area (Å²) in [5.41, 5.74) is 1.38. The molecule has 0 aliphatic carbocycles. The molecule has 0 aromatic carbocycles. The van der Waals surface area contributed by atoms with Crippen molar-refractivity contribution in [3.05, 3.63) is 49.3 Å². The van der Waals surface area contributed by atoms with Crippen molar-refractivity contribution in [1.82, 2.24) is 9.97 Å². The Morgan fingerprint density at radius 2 is 2.22 bits per heavy atom. The van der Waals surface area contributed by atoms with Gasteiger partial charge in [0.05, 0.1) is 14.2 Å². The van der Waals surface area contributed by atoms with E-state index in [4.69, 9.17) is 0 Å². The zero-order chi connectivity index (χ0) is 12.7. The normalized spacial score (nSPS) is 11.0. The zero-order valence-electron chi connectivity index (χ0n) is 8.91. The van der Waals surface area contributed by atoms with Crippen molar-refractivity contribution in [3.8, 4) is 0 Å². The van der Waals surface area contributed by atoms with E-state index in [0.717, 1.165) is 19.3 Å². The summed E-state index contributed by atoms with van der Waals surface area (Å²) in [6, 6.07) is 5.54. The quantitative estimate of drug-likeness (QED) is 0.665. The number of H-pyrrole nitrogens is 1. The Hall–Kier alpha value is -0.980. The van der Waals surface area contributed by atoms with E-state index in [1.807, 2.05) is 18.2 Å². The van der Waals surface area contributed by atoms with Gasteiger partial charge in [0.15, 0.2) is 0 Å². The molecule has 0 saturated carbocycles. The molecule has 3 heterocycles. The van der Waals surface area contributed by atoms with E-state index in [-0.39, 0.29) is 5.78 Å². The first kappa shape index (κ1) is 12.1. The van der Waals surface area contributed by atoms with Crippen LogP contribution < -0.4 is 0 Å². The second kappa shape index (κ2) is 4.60. The summed E-state index contributed by atoms with van der Waals surface area (Å²) in [5.74, 6) is 0.00523. The van der Waals surface area contributed by atoms with Gasteiger partial charge in [-0.25, -0.2) is 4.98 Å². The van der Waals surface area contributed by atoms with Gasteiger partial charge < -0.3 is 4.98 Å². The second-order valence-electron chi connectivity index (χ2n) is 3.66. The highest BCUT2D eigenvalue weighted by molar-refractivity contribution is 9.13. The number of carbonyl (C=O) groups is 1. The number of hydrogen-bond acceptors (Lipinski definition) is 3. The van der Waals surface area contributed by atoms with Gasteiger partial charge in [0.25, 0.3) is 0 Å². The van der Waals surface area contributed by atoms with Crippen LogP contribution in [0.25, 0.3) is 11.0 Å². The van der Waals surface area contributed by atoms with Crippen LogP contribution in [0, 0.1) is 0 Å². The highest BCUT2D eigenvalue weighted by Crippen LogP contribution is 2.34. The molecule has 0 unspecified atom stereocenters. The summed E-state index contributed by atoms with van der Waals surface area (Å²) in [4.78, 5) is 20.3. The Bertz CT molecular complexity index is 728. The third-order valence-corrected chi connectivity index (χ3v) is 5.82. The van der Waals surface area contributed by atoms with E-state index < -0.39 is 0 Å². The van der Waals surface area contributed by atoms with Gasteiger partial charge in [-0.3, -0.25) is 4.79 Å². The number of halogens is 2. The number of pyridine rings is 1. The molecule has 0 saturated heterocycles. The van der Waals surface area contributed by atoms with Gasteiger partial charge in [-0.1, -0.05) is 0 Å². The van der Waals surface area contributed by atoms with E-state index in [1.165, 1.54) is 11.3 Å². The molecule has 3 aromatic heterocycles. The third kappa shape index (κ3) is 1.94. The Balaban J connectivity index is 2.12. The molecule has 0 bridgehead atoms. The van der Waals surface area contributed by atoms with E-state index in [9.17, 15) is 4.79 Å². The largest absolute Gasteiger partial charge is 0.345 e. The number of nitrogens with one attached hydrogen (secondary N) is 1. The summed E-state index contributed by atoms with van der Waals surface area (Å²) in [6.45, 7) is 0. The number of ketones is 1. The van der Waals surface area contributed by atoms with Gasteiger partial charge in [0.1, 0.15) is 5.65 Å². The first-order valence-electron chi connectivity index (χ1n) is 5.08. The minimum Gasteiger partial charge on any atom is -0.345 e. The lowest BCUT2D eigenvalue weighted by Gasteiger charge is -1.94. The number of aromatic nitrogens is 2. The molecule has 0 atom stereocenters. The van der Waals surface area contributed by atoms with Crippen molar-refractivity contribution in [2.24, 2.45) is 0 Å². The molecule has 0 spiro atoms. The molecule has 0 radical (unpaired) electrons. The van der Waals surface area contributed by atoms with E-state index >= 15 is 0 Å². The Kier molecular flexibility index (Phi) is 3.09. The first-order valence-corrected chi connectivity index (χ1v) is 7.48. The van der Waals surface area contributed by atoms with Crippen molar-refractivity contribution in [3.63, 3.8) is 0 Å². The average Bonchev–Trinajstić information content (AvgIpc) is 2.93. The molecule has 6 heteroatoms. The summed E-state index contributed by atoms with van der Waals surface area (Å²) < 4.78 is 1.82. The summed E-state index contributed by atoms with van der Waals surface area (Å²) >= 11 is 8.20. The third-order valence-electron chi connectivity index (χ3n) is 2.56. The van der Waals surface area contributed by atoms with Crippen LogP contribution in [0.1, 0.15) is 15.2 Å². The van der Waals surface area contributed by atoms with Crippen molar-refractivity contribution in [2.45, 2.75) is 0 Å². The number of nitrogens with zero attached hydrogens (tertiary/aromatic N) is 1. The maximum absolute atomic E-state index is 12.4. The zero-order valence-corrected chi connectivity index (χ0v) is 12.9. The number of hydrogen-bond donors (Lipinski definition) is 1. The SMILES string of the molecule is O=C(c1cc(Br)c(Br)s1)c1c[nH]c2ncccc12. The molecule has 0 aliphatic rings. The molecular weight excluding hydrogens is 380 g/mol. The van der Waals surface area contributed by atoms with Crippen LogP contribution in [-0.4, -0.2) is 15.8 Å². The van der Waals surface area contributed by atoms with E-state index in [2.05, 4.69) is 41.8 Å². The molecule has 0 fully saturated rings. The van der Waals surface area contributed by atoms with Crippen molar-refractivity contribution >= 4 is 60.0 Å². The number of fused-ring (bicyclic) bond motifs is 1. The van der Waals surface area contributed by atoms with Crippen molar-refractivity contribution in [2.75, 3.05) is 0 Å². The molecule has 90 valence electrons. The van der Waals surface area contributed by atoms with Crippen LogP contribution in [0.3, 0.4) is 0 Å². The van der Waals surface area contributed by atoms with Gasteiger partial charge >= 0.3 is 0 Å². The van der Waals surface area contributed by atoms with Crippen molar-refractivity contribution < 1.29 is 4.79 Å². The van der Waals surface area contributed by atoms with Gasteiger partial charge in [0, 0.05) is 22.3 Å². The molecule has 1 N–H and O–H groups in total. The molecule has 3 aromatic rings. The summed E-state index contributed by atoms with van der Waals surface area (Å²) in [6.07, 6.45) is 3.41. The number of thiophene rings is 1. The van der Waals surface area contributed by atoms with Crippen LogP contribution in [0.5, 0.6) is 0 Å². The minimum absolute atomic E-state index is 0.00523. The minimum atomic E-state index is 0.00523. The van der Waals surface area contributed by atoms with Crippen LogP contribution in [0.15, 0.2) is 38.9 Å². The summed E-state index contributed by atoms with van der Waals surface area (Å²) in [5, 5.41) is 0.850. The lowest BCUT2D eigenvalue weighted by atomic mass is 10.1. The van der Waals surface area contributed by atoms with Crippen LogP contribution in [0.4, 0.5) is 0 Å². The van der Waals surface area contributed by atoms with Crippen LogP contribution in [-0.2, 0) is 0 Å². The highest BCUT2D eigenvalue weighted by atomic mass is 79.9. The smallest absolute Gasteiger partial charge is 0.205 e.